The Morgan fingerprint density at radius 3 is 2.32 bits per heavy atom. The number of benzene rings is 2. The Bertz CT molecular complexity index is 872. The van der Waals surface area contributed by atoms with Gasteiger partial charge in [0.05, 0.1) is 20.4 Å². The minimum atomic E-state index is -0.415. The lowest BCUT2D eigenvalue weighted by atomic mass is 10.2. The Morgan fingerprint density at radius 2 is 1.68 bits per heavy atom. The Labute approximate surface area is 170 Å². The van der Waals surface area contributed by atoms with Gasteiger partial charge in [0.25, 0.3) is 0 Å². The molecule has 0 saturated heterocycles. The second-order valence-corrected chi connectivity index (χ2v) is 6.43. The molecule has 0 aliphatic rings. The van der Waals surface area contributed by atoms with Crippen LogP contribution in [0, 0.1) is 5.82 Å². The summed E-state index contributed by atoms with van der Waals surface area (Å²) in [6.07, 6.45) is 1.37. The molecule has 2 aromatic rings. The third-order valence-corrected chi connectivity index (χ3v) is 4.29. The van der Waals surface area contributed by atoms with E-state index in [1.807, 2.05) is 0 Å². The van der Waals surface area contributed by atoms with Crippen molar-refractivity contribution in [2.75, 3.05) is 19.5 Å². The number of hydrogen-bond acceptors (Lipinski definition) is 5. The van der Waals surface area contributed by atoms with Crippen molar-refractivity contribution in [1.82, 2.24) is 5.43 Å². The van der Waals surface area contributed by atoms with E-state index in [9.17, 15) is 14.0 Å². The van der Waals surface area contributed by atoms with E-state index in [1.165, 1.54) is 44.7 Å². The first-order chi connectivity index (χ1) is 13.4. The lowest BCUT2D eigenvalue weighted by Gasteiger charge is -2.09. The van der Waals surface area contributed by atoms with E-state index < -0.39 is 11.7 Å². The Kier molecular flexibility index (Phi) is 7.94. The molecule has 0 unspecified atom stereocenters. The molecular weight excluding hydrogens is 433 g/mol. The van der Waals surface area contributed by atoms with Gasteiger partial charge in [-0.3, -0.25) is 9.59 Å². The predicted molar refractivity (Wildman–Crippen MR) is 107 cm³/mol. The summed E-state index contributed by atoms with van der Waals surface area (Å²) in [5.74, 6) is -0.0782. The number of methoxy groups -OCH3 is 2. The van der Waals surface area contributed by atoms with Crippen molar-refractivity contribution in [2.45, 2.75) is 12.8 Å². The molecule has 0 heterocycles. The van der Waals surface area contributed by atoms with Crippen LogP contribution in [-0.2, 0) is 9.59 Å². The molecular formula is C19H19BrFN3O4. The summed E-state index contributed by atoms with van der Waals surface area (Å²) in [5.41, 5.74) is 3.49. The molecule has 0 fully saturated rings. The zero-order chi connectivity index (χ0) is 20.5. The number of carbonyl (C=O) groups excluding carboxylic acids is 2. The van der Waals surface area contributed by atoms with Gasteiger partial charge in [0.15, 0.2) is 11.5 Å². The maximum absolute atomic E-state index is 12.8. The van der Waals surface area contributed by atoms with E-state index in [-0.39, 0.29) is 18.7 Å². The molecule has 0 atom stereocenters. The van der Waals surface area contributed by atoms with Gasteiger partial charge < -0.3 is 14.8 Å². The Hall–Kier alpha value is -2.94. The molecule has 148 valence electrons. The van der Waals surface area contributed by atoms with Crippen molar-refractivity contribution in [3.05, 3.63) is 52.3 Å². The first kappa shape index (κ1) is 21.4. The van der Waals surface area contributed by atoms with E-state index in [0.717, 1.165) is 0 Å². The molecule has 7 nitrogen and oxygen atoms in total. The number of anilines is 1. The first-order valence-corrected chi connectivity index (χ1v) is 9.01. The lowest BCUT2D eigenvalue weighted by Crippen LogP contribution is -2.20. The lowest BCUT2D eigenvalue weighted by molar-refractivity contribution is -0.124. The van der Waals surface area contributed by atoms with Crippen molar-refractivity contribution < 1.29 is 23.5 Å². The Balaban J connectivity index is 1.83. The van der Waals surface area contributed by atoms with Gasteiger partial charge in [-0.15, -0.1) is 0 Å². The van der Waals surface area contributed by atoms with Crippen LogP contribution in [0.5, 0.6) is 11.5 Å². The highest BCUT2D eigenvalue weighted by molar-refractivity contribution is 9.10. The molecule has 2 N–H and O–H groups in total. The fourth-order valence-electron chi connectivity index (χ4n) is 2.18. The second kappa shape index (κ2) is 10.4. The molecule has 9 heteroatoms. The molecule has 0 radical (unpaired) electrons. The van der Waals surface area contributed by atoms with Crippen LogP contribution in [0.15, 0.2) is 46.0 Å². The highest BCUT2D eigenvalue weighted by Crippen LogP contribution is 2.32. The highest BCUT2D eigenvalue weighted by Gasteiger charge is 2.09. The van der Waals surface area contributed by atoms with Crippen molar-refractivity contribution in [3.63, 3.8) is 0 Å². The normalized spacial score (nSPS) is 10.6. The minimum absolute atomic E-state index is 0.0290. The standard InChI is InChI=1S/C19H19BrFN3O4/c1-27-16-9-12(15(20)10-17(16)28-2)11-22-24-19(26)8-7-18(25)23-14-5-3-13(21)4-6-14/h3-6,9-11H,7-8H2,1-2H3,(H,23,25)(H,24,26). The van der Waals surface area contributed by atoms with Crippen molar-refractivity contribution in [2.24, 2.45) is 5.10 Å². The molecule has 0 bridgehead atoms. The summed E-state index contributed by atoms with van der Waals surface area (Å²) in [6.45, 7) is 0. The van der Waals surface area contributed by atoms with E-state index in [4.69, 9.17) is 9.47 Å². The zero-order valence-corrected chi connectivity index (χ0v) is 16.9. The number of nitrogens with zero attached hydrogens (tertiary/aromatic N) is 1. The van der Waals surface area contributed by atoms with E-state index >= 15 is 0 Å². The molecule has 0 aliphatic heterocycles. The molecule has 2 rings (SSSR count). The van der Waals surface area contributed by atoms with Gasteiger partial charge in [-0.1, -0.05) is 0 Å². The molecule has 2 aromatic carbocycles. The summed E-state index contributed by atoms with van der Waals surface area (Å²) in [4.78, 5) is 23.6. The molecule has 0 aromatic heterocycles. The van der Waals surface area contributed by atoms with Crippen molar-refractivity contribution in [1.29, 1.82) is 0 Å². The quantitative estimate of drug-likeness (QED) is 0.474. The smallest absolute Gasteiger partial charge is 0.240 e. The van der Waals surface area contributed by atoms with Gasteiger partial charge in [-0.25, -0.2) is 9.82 Å². The van der Waals surface area contributed by atoms with Gasteiger partial charge in [-0.05, 0) is 52.3 Å². The van der Waals surface area contributed by atoms with Crippen molar-refractivity contribution >= 4 is 39.6 Å². The van der Waals surface area contributed by atoms with Crippen LogP contribution in [0.4, 0.5) is 10.1 Å². The number of carbonyl (C=O) groups is 2. The number of nitrogens with one attached hydrogen (secondary N) is 2. The summed E-state index contributed by atoms with van der Waals surface area (Å²) < 4.78 is 24.0. The fraction of sp³-hybridized carbons (Fsp3) is 0.211. The van der Waals surface area contributed by atoms with Crippen LogP contribution in [0.25, 0.3) is 0 Å². The van der Waals surface area contributed by atoms with Crippen LogP contribution in [0.2, 0.25) is 0 Å². The first-order valence-electron chi connectivity index (χ1n) is 8.21. The molecule has 0 spiro atoms. The van der Waals surface area contributed by atoms with Crippen LogP contribution < -0.4 is 20.2 Å². The fourth-order valence-corrected chi connectivity index (χ4v) is 2.61. The largest absolute Gasteiger partial charge is 0.493 e. The second-order valence-electron chi connectivity index (χ2n) is 5.58. The molecule has 2 amide bonds. The monoisotopic (exact) mass is 451 g/mol. The van der Waals surface area contributed by atoms with Crippen LogP contribution in [0.1, 0.15) is 18.4 Å². The molecule has 28 heavy (non-hydrogen) atoms. The van der Waals surface area contributed by atoms with E-state index in [2.05, 4.69) is 31.8 Å². The number of halogens is 2. The summed E-state index contributed by atoms with van der Waals surface area (Å²) in [5, 5.41) is 6.46. The van der Waals surface area contributed by atoms with Gasteiger partial charge in [0, 0.05) is 28.6 Å². The van der Waals surface area contributed by atoms with Gasteiger partial charge >= 0.3 is 0 Å². The number of hydrazone groups is 1. The third kappa shape index (κ3) is 6.34. The van der Waals surface area contributed by atoms with Crippen LogP contribution in [0.3, 0.4) is 0 Å². The average molecular weight is 452 g/mol. The predicted octanol–water partition coefficient (Wildman–Crippen LogP) is 3.47. The highest BCUT2D eigenvalue weighted by atomic mass is 79.9. The Morgan fingerprint density at radius 1 is 1.07 bits per heavy atom. The molecule has 0 saturated carbocycles. The SMILES string of the molecule is COc1cc(Br)c(C=NNC(=O)CCC(=O)Nc2ccc(F)cc2)cc1OC. The number of amides is 2. The van der Waals surface area contributed by atoms with Crippen LogP contribution >= 0.6 is 15.9 Å². The summed E-state index contributed by atoms with van der Waals surface area (Å²) >= 11 is 3.39. The maximum Gasteiger partial charge on any atom is 0.240 e. The van der Waals surface area contributed by atoms with E-state index in [1.54, 1.807) is 12.1 Å². The average Bonchev–Trinajstić information content (AvgIpc) is 2.69. The summed E-state index contributed by atoms with van der Waals surface area (Å²) in [6, 6.07) is 8.79. The maximum atomic E-state index is 12.8. The van der Waals surface area contributed by atoms with Gasteiger partial charge in [0.1, 0.15) is 5.82 Å². The van der Waals surface area contributed by atoms with Gasteiger partial charge in [0.2, 0.25) is 11.8 Å². The number of rotatable bonds is 8. The van der Waals surface area contributed by atoms with Gasteiger partial charge in [-0.2, -0.15) is 5.10 Å². The minimum Gasteiger partial charge on any atom is -0.493 e. The van der Waals surface area contributed by atoms with Crippen LogP contribution in [-0.4, -0.2) is 32.2 Å². The van der Waals surface area contributed by atoms with Crippen molar-refractivity contribution in [3.8, 4) is 11.5 Å². The number of ether oxygens (including phenoxy) is 2. The summed E-state index contributed by atoms with van der Waals surface area (Å²) in [7, 11) is 3.05. The molecule has 0 aliphatic carbocycles. The number of hydrogen-bond donors (Lipinski definition) is 2. The third-order valence-electron chi connectivity index (χ3n) is 3.60. The zero-order valence-electron chi connectivity index (χ0n) is 15.3. The topological polar surface area (TPSA) is 89.0 Å². The van der Waals surface area contributed by atoms with E-state index in [0.29, 0.717) is 27.2 Å².